The second-order valence-corrected chi connectivity index (χ2v) is 5.96. The Morgan fingerprint density at radius 2 is 1.81 bits per heavy atom. The largest absolute Gasteiger partial charge is 0.298 e. The summed E-state index contributed by atoms with van der Waals surface area (Å²) in [7, 11) is -3.80. The van der Waals surface area contributed by atoms with Crippen LogP contribution >= 0.6 is 0 Å². The Morgan fingerprint density at radius 3 is 2.19 bits per heavy atom. The zero-order chi connectivity index (χ0) is 12.5. The van der Waals surface area contributed by atoms with Gasteiger partial charge in [0.1, 0.15) is 5.82 Å². The minimum absolute atomic E-state index is 0.0305. The number of nitrogens with two attached hydrogens (primary N) is 1. The van der Waals surface area contributed by atoms with Crippen molar-refractivity contribution in [2.24, 2.45) is 11.1 Å². The fourth-order valence-corrected chi connectivity index (χ4v) is 2.27. The molecule has 0 aromatic carbocycles. The maximum Gasteiger partial charge on any atom is 0.273 e. The Bertz CT molecular complexity index is 462. The van der Waals surface area contributed by atoms with Gasteiger partial charge >= 0.3 is 0 Å². The topological polar surface area (TPSA) is 90.9 Å². The first-order valence-electron chi connectivity index (χ1n) is 5.20. The van der Waals surface area contributed by atoms with E-state index >= 15 is 0 Å². The number of sulfonamides is 1. The van der Waals surface area contributed by atoms with E-state index < -0.39 is 10.0 Å². The molecule has 2 N–H and O–H groups in total. The fourth-order valence-electron chi connectivity index (χ4n) is 1.52. The van der Waals surface area contributed by atoms with Gasteiger partial charge in [-0.2, -0.15) is 0 Å². The van der Waals surface area contributed by atoms with Crippen molar-refractivity contribution >= 4 is 10.0 Å². The van der Waals surface area contributed by atoms with Crippen LogP contribution in [0.5, 0.6) is 0 Å². The third kappa shape index (κ3) is 2.79. The van der Waals surface area contributed by atoms with Gasteiger partial charge in [0.25, 0.3) is 15.2 Å². The minimum Gasteiger partial charge on any atom is -0.298 e. The molecule has 0 spiro atoms. The van der Waals surface area contributed by atoms with E-state index in [-0.39, 0.29) is 11.2 Å². The highest BCUT2D eigenvalue weighted by atomic mass is 32.2. The molecule has 0 unspecified atom stereocenters. The lowest BCUT2D eigenvalue weighted by molar-refractivity contribution is 0.487. The van der Waals surface area contributed by atoms with Gasteiger partial charge in [-0.3, -0.25) is 4.57 Å². The summed E-state index contributed by atoms with van der Waals surface area (Å²) in [6.07, 6.45) is 0.681. The molecular formula is C9H18N4O2S. The van der Waals surface area contributed by atoms with Gasteiger partial charge in [-0.15, -0.1) is 10.2 Å². The molecule has 1 aromatic heterocycles. The number of hydrogen-bond donors (Lipinski definition) is 1. The van der Waals surface area contributed by atoms with Crippen LogP contribution in [-0.4, -0.2) is 23.2 Å². The van der Waals surface area contributed by atoms with Gasteiger partial charge in [-0.1, -0.05) is 13.8 Å². The highest BCUT2D eigenvalue weighted by molar-refractivity contribution is 7.89. The summed E-state index contributed by atoms with van der Waals surface area (Å²) in [5.41, 5.74) is 0. The van der Waals surface area contributed by atoms with E-state index in [1.165, 1.54) is 0 Å². The highest BCUT2D eigenvalue weighted by Crippen LogP contribution is 2.17. The quantitative estimate of drug-likeness (QED) is 0.846. The SMILES string of the molecule is CC(C)Cc1nnc(S(N)(=O)=O)n1C(C)C. The molecule has 0 saturated heterocycles. The first-order chi connectivity index (χ1) is 7.23. The number of primary sulfonamides is 1. The van der Waals surface area contributed by atoms with Crippen LogP contribution in [0, 0.1) is 5.92 Å². The van der Waals surface area contributed by atoms with E-state index in [1.54, 1.807) is 4.57 Å². The van der Waals surface area contributed by atoms with Crippen molar-refractivity contribution in [1.82, 2.24) is 14.8 Å². The summed E-state index contributed by atoms with van der Waals surface area (Å²) in [5, 5.41) is 12.5. The van der Waals surface area contributed by atoms with Crippen molar-refractivity contribution in [3.8, 4) is 0 Å². The minimum atomic E-state index is -3.80. The van der Waals surface area contributed by atoms with Crippen LogP contribution < -0.4 is 5.14 Å². The van der Waals surface area contributed by atoms with Crippen LogP contribution in [0.25, 0.3) is 0 Å². The van der Waals surface area contributed by atoms with Crippen LogP contribution in [0.4, 0.5) is 0 Å². The molecule has 1 aromatic rings. The van der Waals surface area contributed by atoms with Gasteiger partial charge in [-0.25, -0.2) is 13.6 Å². The fraction of sp³-hybridized carbons (Fsp3) is 0.778. The van der Waals surface area contributed by atoms with E-state index in [9.17, 15) is 8.42 Å². The average Bonchev–Trinajstić information content (AvgIpc) is 2.45. The normalized spacial score (nSPS) is 12.7. The van der Waals surface area contributed by atoms with Gasteiger partial charge in [0.15, 0.2) is 0 Å². The third-order valence-corrected chi connectivity index (χ3v) is 2.88. The zero-order valence-corrected chi connectivity index (χ0v) is 10.8. The lowest BCUT2D eigenvalue weighted by Gasteiger charge is -2.13. The van der Waals surface area contributed by atoms with Crippen molar-refractivity contribution < 1.29 is 8.42 Å². The summed E-state index contributed by atoms with van der Waals surface area (Å²) in [6.45, 7) is 7.83. The molecule has 0 saturated carbocycles. The van der Waals surface area contributed by atoms with E-state index in [1.807, 2.05) is 27.7 Å². The second-order valence-electron chi connectivity index (χ2n) is 4.51. The molecule has 0 fully saturated rings. The standard InChI is InChI=1S/C9H18N4O2S/c1-6(2)5-8-11-12-9(16(10,14)15)13(8)7(3)4/h6-7H,5H2,1-4H3,(H2,10,14,15). The Kier molecular flexibility index (Phi) is 3.69. The molecule has 0 atom stereocenters. The molecule has 0 aliphatic heterocycles. The van der Waals surface area contributed by atoms with Crippen LogP contribution in [0.2, 0.25) is 0 Å². The van der Waals surface area contributed by atoms with Crippen LogP contribution in [0.1, 0.15) is 39.6 Å². The van der Waals surface area contributed by atoms with Gasteiger partial charge in [0.2, 0.25) is 0 Å². The van der Waals surface area contributed by atoms with E-state index in [0.29, 0.717) is 18.2 Å². The van der Waals surface area contributed by atoms with Gasteiger partial charge in [0.05, 0.1) is 0 Å². The molecule has 0 aliphatic rings. The first-order valence-corrected chi connectivity index (χ1v) is 6.74. The van der Waals surface area contributed by atoms with Crippen LogP contribution in [0.3, 0.4) is 0 Å². The summed E-state index contributed by atoms with van der Waals surface area (Å²) in [4.78, 5) is 0. The second kappa shape index (κ2) is 4.50. The summed E-state index contributed by atoms with van der Waals surface area (Å²) < 4.78 is 24.2. The Hall–Kier alpha value is -0.950. The summed E-state index contributed by atoms with van der Waals surface area (Å²) in [5.74, 6) is 1.05. The van der Waals surface area contributed by atoms with Gasteiger partial charge in [0, 0.05) is 12.5 Å². The molecule has 0 amide bonds. The van der Waals surface area contributed by atoms with E-state index in [4.69, 9.17) is 5.14 Å². The predicted octanol–water partition coefficient (Wildman–Crippen LogP) is 0.705. The molecule has 6 nitrogen and oxygen atoms in total. The summed E-state index contributed by atoms with van der Waals surface area (Å²) in [6, 6.07) is -0.0305. The average molecular weight is 246 g/mol. The maximum atomic E-state index is 11.3. The predicted molar refractivity (Wildman–Crippen MR) is 60.3 cm³/mol. The van der Waals surface area contributed by atoms with Crippen molar-refractivity contribution in [2.45, 2.75) is 45.3 Å². The smallest absolute Gasteiger partial charge is 0.273 e. The first kappa shape index (κ1) is 13.1. The van der Waals surface area contributed by atoms with E-state index in [0.717, 1.165) is 0 Å². The number of nitrogens with zero attached hydrogens (tertiary/aromatic N) is 3. The molecule has 7 heteroatoms. The molecule has 1 heterocycles. The molecule has 0 radical (unpaired) electrons. The Balaban J connectivity index is 3.28. The Morgan fingerprint density at radius 1 is 1.25 bits per heavy atom. The summed E-state index contributed by atoms with van der Waals surface area (Å²) >= 11 is 0. The van der Waals surface area contributed by atoms with Crippen LogP contribution in [0.15, 0.2) is 5.16 Å². The number of aromatic nitrogens is 3. The molecule has 92 valence electrons. The third-order valence-electron chi connectivity index (χ3n) is 2.10. The van der Waals surface area contributed by atoms with Crippen molar-refractivity contribution in [1.29, 1.82) is 0 Å². The van der Waals surface area contributed by atoms with Crippen molar-refractivity contribution in [3.05, 3.63) is 5.82 Å². The maximum absolute atomic E-state index is 11.3. The van der Waals surface area contributed by atoms with Crippen LogP contribution in [-0.2, 0) is 16.4 Å². The molecule has 0 bridgehead atoms. The van der Waals surface area contributed by atoms with Gasteiger partial charge in [-0.05, 0) is 19.8 Å². The van der Waals surface area contributed by atoms with E-state index in [2.05, 4.69) is 10.2 Å². The van der Waals surface area contributed by atoms with Crippen molar-refractivity contribution in [2.75, 3.05) is 0 Å². The zero-order valence-electron chi connectivity index (χ0n) is 10.0. The molecular weight excluding hydrogens is 228 g/mol. The molecule has 0 aliphatic carbocycles. The lowest BCUT2D eigenvalue weighted by Crippen LogP contribution is -2.21. The molecule has 1 rings (SSSR count). The highest BCUT2D eigenvalue weighted by Gasteiger charge is 2.22. The number of hydrogen-bond acceptors (Lipinski definition) is 4. The molecule has 16 heavy (non-hydrogen) atoms. The van der Waals surface area contributed by atoms with Gasteiger partial charge < -0.3 is 0 Å². The Labute approximate surface area is 95.9 Å². The van der Waals surface area contributed by atoms with Crippen molar-refractivity contribution in [3.63, 3.8) is 0 Å². The number of rotatable bonds is 4. The monoisotopic (exact) mass is 246 g/mol. The lowest BCUT2D eigenvalue weighted by atomic mass is 10.1.